The number of rotatable bonds is 7. The van der Waals surface area contributed by atoms with Crippen molar-refractivity contribution in [2.45, 2.75) is 6.54 Å². The van der Waals surface area contributed by atoms with E-state index in [1.807, 2.05) is 30.3 Å². The summed E-state index contributed by atoms with van der Waals surface area (Å²) in [6.07, 6.45) is 0. The smallest absolute Gasteiger partial charge is 0.133 e. The molecular formula is C16H17Cl2NO2. The highest BCUT2D eigenvalue weighted by molar-refractivity contribution is 6.31. The molecule has 0 amide bonds. The summed E-state index contributed by atoms with van der Waals surface area (Å²) in [6, 6.07) is 12.8. The molecule has 0 aromatic heterocycles. The molecule has 0 saturated heterocycles. The van der Waals surface area contributed by atoms with Crippen LogP contribution in [0.4, 0.5) is 0 Å². The van der Waals surface area contributed by atoms with Crippen molar-refractivity contribution in [3.63, 3.8) is 0 Å². The van der Waals surface area contributed by atoms with Crippen LogP contribution in [-0.4, -0.2) is 20.3 Å². The van der Waals surface area contributed by atoms with Gasteiger partial charge in [-0.15, -0.1) is 0 Å². The normalized spacial score (nSPS) is 10.6. The van der Waals surface area contributed by atoms with E-state index < -0.39 is 0 Å². The molecule has 3 nitrogen and oxygen atoms in total. The van der Waals surface area contributed by atoms with E-state index in [1.165, 1.54) is 0 Å². The standard InChI is InChI=1S/C16H17Cl2NO2/c1-20-10-9-19-11-14-15(18)3-2-4-16(14)21-13-7-5-12(17)6-8-13/h2-8,19H,9-11H2,1H3. The first-order valence-corrected chi connectivity index (χ1v) is 7.37. The van der Waals surface area contributed by atoms with Crippen LogP contribution in [0.2, 0.25) is 10.0 Å². The van der Waals surface area contributed by atoms with Crippen molar-refractivity contribution in [1.82, 2.24) is 5.32 Å². The fourth-order valence-electron chi connectivity index (χ4n) is 1.82. The highest BCUT2D eigenvalue weighted by Crippen LogP contribution is 2.30. The van der Waals surface area contributed by atoms with Crippen molar-refractivity contribution < 1.29 is 9.47 Å². The fourth-order valence-corrected chi connectivity index (χ4v) is 2.18. The Bertz CT molecular complexity index is 573. The molecule has 2 rings (SSSR count). The van der Waals surface area contributed by atoms with Crippen molar-refractivity contribution in [3.8, 4) is 11.5 Å². The minimum atomic E-state index is 0.617. The minimum absolute atomic E-state index is 0.617. The number of benzene rings is 2. The average Bonchev–Trinajstić information content (AvgIpc) is 2.48. The Labute approximate surface area is 134 Å². The molecule has 112 valence electrons. The second-order valence-corrected chi connectivity index (χ2v) is 5.29. The molecule has 0 radical (unpaired) electrons. The summed E-state index contributed by atoms with van der Waals surface area (Å²) in [5.41, 5.74) is 0.921. The Morgan fingerprint density at radius 1 is 1.05 bits per heavy atom. The average molecular weight is 326 g/mol. The van der Waals surface area contributed by atoms with Crippen molar-refractivity contribution >= 4 is 23.2 Å². The molecule has 0 aliphatic carbocycles. The number of methoxy groups -OCH3 is 1. The molecule has 0 aliphatic heterocycles. The number of hydrogen-bond acceptors (Lipinski definition) is 3. The second kappa shape index (κ2) is 8.25. The maximum absolute atomic E-state index is 6.26. The van der Waals surface area contributed by atoms with Crippen molar-refractivity contribution in [3.05, 3.63) is 58.1 Å². The van der Waals surface area contributed by atoms with Crippen molar-refractivity contribution in [1.29, 1.82) is 0 Å². The molecular weight excluding hydrogens is 309 g/mol. The maximum Gasteiger partial charge on any atom is 0.133 e. The summed E-state index contributed by atoms with van der Waals surface area (Å²) in [4.78, 5) is 0. The maximum atomic E-state index is 6.26. The molecule has 0 spiro atoms. The zero-order valence-electron chi connectivity index (χ0n) is 11.7. The third-order valence-corrected chi connectivity index (χ3v) is 3.51. The van der Waals surface area contributed by atoms with Gasteiger partial charge in [-0.1, -0.05) is 29.3 Å². The van der Waals surface area contributed by atoms with E-state index in [1.54, 1.807) is 19.2 Å². The third-order valence-electron chi connectivity index (χ3n) is 2.90. The fraction of sp³-hybridized carbons (Fsp3) is 0.250. The van der Waals surface area contributed by atoms with E-state index in [-0.39, 0.29) is 0 Å². The van der Waals surface area contributed by atoms with Crippen LogP contribution in [0.15, 0.2) is 42.5 Å². The van der Waals surface area contributed by atoms with Crippen LogP contribution < -0.4 is 10.1 Å². The van der Waals surface area contributed by atoms with E-state index in [2.05, 4.69) is 5.32 Å². The molecule has 0 heterocycles. The lowest BCUT2D eigenvalue weighted by atomic mass is 10.2. The molecule has 0 atom stereocenters. The van der Waals surface area contributed by atoms with Crippen LogP contribution in [-0.2, 0) is 11.3 Å². The number of ether oxygens (including phenoxy) is 2. The molecule has 0 fully saturated rings. The lowest BCUT2D eigenvalue weighted by molar-refractivity contribution is 0.199. The molecule has 0 unspecified atom stereocenters. The zero-order chi connectivity index (χ0) is 15.1. The monoisotopic (exact) mass is 325 g/mol. The van der Waals surface area contributed by atoms with Crippen molar-refractivity contribution in [2.75, 3.05) is 20.3 Å². The Morgan fingerprint density at radius 2 is 1.81 bits per heavy atom. The first-order valence-electron chi connectivity index (χ1n) is 6.61. The SMILES string of the molecule is COCCNCc1c(Cl)cccc1Oc1ccc(Cl)cc1. The molecule has 1 N–H and O–H groups in total. The molecule has 0 saturated carbocycles. The lowest BCUT2D eigenvalue weighted by Crippen LogP contribution is -2.19. The van der Waals surface area contributed by atoms with Gasteiger partial charge in [0.1, 0.15) is 11.5 Å². The quantitative estimate of drug-likeness (QED) is 0.759. The molecule has 2 aromatic carbocycles. The van der Waals surface area contributed by atoms with Gasteiger partial charge in [-0.2, -0.15) is 0 Å². The summed E-state index contributed by atoms with van der Waals surface area (Å²) < 4.78 is 10.9. The predicted octanol–water partition coefficient (Wildman–Crippen LogP) is 4.52. The van der Waals surface area contributed by atoms with E-state index in [9.17, 15) is 0 Å². The topological polar surface area (TPSA) is 30.5 Å². The predicted molar refractivity (Wildman–Crippen MR) is 86.6 cm³/mol. The summed E-state index contributed by atoms with van der Waals surface area (Å²) >= 11 is 12.1. The first kappa shape index (κ1) is 16.1. The highest BCUT2D eigenvalue weighted by atomic mass is 35.5. The third kappa shape index (κ3) is 4.90. The number of halogens is 2. The lowest BCUT2D eigenvalue weighted by Gasteiger charge is -2.13. The second-order valence-electron chi connectivity index (χ2n) is 4.44. The van der Waals surface area contributed by atoms with Gasteiger partial charge in [0.05, 0.1) is 6.61 Å². The van der Waals surface area contributed by atoms with Crippen molar-refractivity contribution in [2.24, 2.45) is 0 Å². The van der Waals surface area contributed by atoms with Crippen LogP contribution in [0, 0.1) is 0 Å². The van der Waals surface area contributed by atoms with E-state index >= 15 is 0 Å². The highest BCUT2D eigenvalue weighted by Gasteiger charge is 2.09. The van der Waals surface area contributed by atoms with Gasteiger partial charge in [-0.25, -0.2) is 0 Å². The molecule has 2 aromatic rings. The number of nitrogens with one attached hydrogen (secondary N) is 1. The van der Waals surface area contributed by atoms with Gasteiger partial charge >= 0.3 is 0 Å². The summed E-state index contributed by atoms with van der Waals surface area (Å²) in [5.74, 6) is 1.45. The van der Waals surface area contributed by atoms with Gasteiger partial charge in [0, 0.05) is 35.8 Å². The summed E-state index contributed by atoms with van der Waals surface area (Å²) in [7, 11) is 1.67. The zero-order valence-corrected chi connectivity index (χ0v) is 13.2. The first-order chi connectivity index (χ1) is 10.2. The molecule has 0 aliphatic rings. The van der Waals surface area contributed by atoms with Crippen LogP contribution in [0.25, 0.3) is 0 Å². The molecule has 21 heavy (non-hydrogen) atoms. The van der Waals surface area contributed by atoms with Gasteiger partial charge in [0.15, 0.2) is 0 Å². The Hall–Kier alpha value is -1.26. The van der Waals surface area contributed by atoms with E-state index in [0.29, 0.717) is 23.2 Å². The van der Waals surface area contributed by atoms with Crippen LogP contribution in [0.3, 0.4) is 0 Å². The number of hydrogen-bond donors (Lipinski definition) is 1. The van der Waals surface area contributed by atoms with E-state index in [0.717, 1.165) is 23.6 Å². The van der Waals surface area contributed by atoms with Crippen LogP contribution >= 0.6 is 23.2 Å². The van der Waals surface area contributed by atoms with Gasteiger partial charge in [0.2, 0.25) is 0 Å². The molecule has 0 bridgehead atoms. The van der Waals surface area contributed by atoms with Gasteiger partial charge < -0.3 is 14.8 Å². The Balaban J connectivity index is 2.11. The summed E-state index contributed by atoms with van der Waals surface area (Å²) in [5, 5.41) is 4.62. The van der Waals surface area contributed by atoms with E-state index in [4.69, 9.17) is 32.7 Å². The largest absolute Gasteiger partial charge is 0.457 e. The van der Waals surface area contributed by atoms with Crippen LogP contribution in [0.1, 0.15) is 5.56 Å². The summed E-state index contributed by atoms with van der Waals surface area (Å²) in [6.45, 7) is 2.02. The Kier molecular flexibility index (Phi) is 6.33. The molecule has 5 heteroatoms. The van der Waals surface area contributed by atoms with Gasteiger partial charge in [-0.05, 0) is 36.4 Å². The minimum Gasteiger partial charge on any atom is -0.457 e. The van der Waals surface area contributed by atoms with Gasteiger partial charge in [-0.3, -0.25) is 0 Å². The van der Waals surface area contributed by atoms with Crippen LogP contribution in [0.5, 0.6) is 11.5 Å². The van der Waals surface area contributed by atoms with Gasteiger partial charge in [0.25, 0.3) is 0 Å². The Morgan fingerprint density at radius 3 is 2.52 bits per heavy atom.